The van der Waals surface area contributed by atoms with Crippen LogP contribution in [0.1, 0.15) is 31.4 Å². The third-order valence-corrected chi connectivity index (χ3v) is 2.75. The molecule has 0 heterocycles. The average molecular weight is 247 g/mol. The van der Waals surface area contributed by atoms with Crippen molar-refractivity contribution < 1.29 is 18.3 Å². The minimum Gasteiger partial charge on any atom is -0.388 e. The van der Waals surface area contributed by atoms with Crippen LogP contribution in [0.5, 0.6) is 0 Å². The van der Waals surface area contributed by atoms with Gasteiger partial charge in [0.1, 0.15) is 17.5 Å². The van der Waals surface area contributed by atoms with Crippen LogP contribution in [0.3, 0.4) is 0 Å². The van der Waals surface area contributed by atoms with Gasteiger partial charge in [-0.1, -0.05) is 13.3 Å². The van der Waals surface area contributed by atoms with Crippen LogP contribution in [0.15, 0.2) is 12.1 Å². The second kappa shape index (κ2) is 6.02. The van der Waals surface area contributed by atoms with Gasteiger partial charge in [0.2, 0.25) is 0 Å². The summed E-state index contributed by atoms with van der Waals surface area (Å²) in [5.74, 6) is -3.60. The molecule has 0 spiro atoms. The second-order valence-electron chi connectivity index (χ2n) is 4.01. The van der Waals surface area contributed by atoms with Gasteiger partial charge in [0.25, 0.3) is 0 Å². The van der Waals surface area contributed by atoms with E-state index in [-0.39, 0.29) is 6.54 Å². The molecule has 2 atom stereocenters. The molecule has 2 unspecified atom stereocenters. The lowest BCUT2D eigenvalue weighted by atomic mass is 9.91. The molecule has 1 aromatic carbocycles. The van der Waals surface area contributed by atoms with Crippen LogP contribution in [0.4, 0.5) is 13.2 Å². The van der Waals surface area contributed by atoms with E-state index in [2.05, 4.69) is 0 Å². The molecular weight excluding hydrogens is 231 g/mol. The Morgan fingerprint density at radius 3 is 2.18 bits per heavy atom. The van der Waals surface area contributed by atoms with Gasteiger partial charge in [-0.05, 0) is 13.0 Å². The summed E-state index contributed by atoms with van der Waals surface area (Å²) in [7, 11) is 0. The lowest BCUT2D eigenvalue weighted by molar-refractivity contribution is 0.0987. The molecule has 5 heteroatoms. The SMILES string of the molecule is CCCC(CN)C(O)c1c(F)cc(F)cc1F. The molecule has 0 fully saturated rings. The molecule has 1 rings (SSSR count). The van der Waals surface area contributed by atoms with E-state index in [1.54, 1.807) is 0 Å². The van der Waals surface area contributed by atoms with Gasteiger partial charge in [0.05, 0.1) is 11.7 Å². The molecule has 17 heavy (non-hydrogen) atoms. The molecule has 1 aromatic rings. The Labute approximate surface area is 98.3 Å². The zero-order valence-corrected chi connectivity index (χ0v) is 9.59. The van der Waals surface area contributed by atoms with Gasteiger partial charge >= 0.3 is 0 Å². The Hall–Kier alpha value is -1.07. The van der Waals surface area contributed by atoms with Crippen molar-refractivity contribution in [1.82, 2.24) is 0 Å². The lowest BCUT2D eigenvalue weighted by Crippen LogP contribution is -2.23. The van der Waals surface area contributed by atoms with Crippen LogP contribution < -0.4 is 5.73 Å². The van der Waals surface area contributed by atoms with Crippen molar-refractivity contribution in [3.63, 3.8) is 0 Å². The maximum Gasteiger partial charge on any atom is 0.134 e. The fourth-order valence-electron chi connectivity index (χ4n) is 1.85. The third-order valence-electron chi connectivity index (χ3n) is 2.75. The van der Waals surface area contributed by atoms with Crippen LogP contribution in [0, 0.1) is 23.4 Å². The Bertz CT molecular complexity index is 361. The minimum atomic E-state index is -1.35. The number of halogens is 3. The van der Waals surface area contributed by atoms with E-state index in [1.165, 1.54) is 0 Å². The molecule has 0 aliphatic heterocycles. The van der Waals surface area contributed by atoms with Crippen LogP contribution in [0.2, 0.25) is 0 Å². The Balaban J connectivity index is 3.06. The number of aliphatic hydroxyl groups is 1. The fourth-order valence-corrected chi connectivity index (χ4v) is 1.85. The van der Waals surface area contributed by atoms with E-state index < -0.39 is 35.0 Å². The number of hydrogen-bond acceptors (Lipinski definition) is 2. The molecule has 0 aliphatic carbocycles. The first-order chi connectivity index (χ1) is 8.01. The average Bonchev–Trinajstić information content (AvgIpc) is 2.24. The zero-order valence-electron chi connectivity index (χ0n) is 9.59. The van der Waals surface area contributed by atoms with Crippen LogP contribution >= 0.6 is 0 Å². The number of aliphatic hydroxyl groups excluding tert-OH is 1. The molecule has 0 saturated heterocycles. The van der Waals surface area contributed by atoms with E-state index in [4.69, 9.17) is 5.73 Å². The van der Waals surface area contributed by atoms with E-state index in [0.29, 0.717) is 18.6 Å². The quantitative estimate of drug-likeness (QED) is 0.839. The monoisotopic (exact) mass is 247 g/mol. The number of rotatable bonds is 5. The van der Waals surface area contributed by atoms with Crippen molar-refractivity contribution >= 4 is 0 Å². The summed E-state index contributed by atoms with van der Waals surface area (Å²) in [6.45, 7) is 2.00. The van der Waals surface area contributed by atoms with E-state index in [1.807, 2.05) is 6.92 Å². The van der Waals surface area contributed by atoms with Crippen LogP contribution in [0.25, 0.3) is 0 Å². The van der Waals surface area contributed by atoms with Crippen molar-refractivity contribution in [3.05, 3.63) is 35.1 Å². The molecule has 0 radical (unpaired) electrons. The molecule has 0 aromatic heterocycles. The predicted octanol–water partition coefficient (Wildman–Crippen LogP) is 2.51. The van der Waals surface area contributed by atoms with Gasteiger partial charge in [0, 0.05) is 18.1 Å². The van der Waals surface area contributed by atoms with Gasteiger partial charge in [-0.2, -0.15) is 0 Å². The van der Waals surface area contributed by atoms with E-state index in [0.717, 1.165) is 6.42 Å². The normalized spacial score (nSPS) is 14.7. The van der Waals surface area contributed by atoms with Crippen molar-refractivity contribution in [2.75, 3.05) is 6.54 Å². The summed E-state index contributed by atoms with van der Waals surface area (Å²) in [5, 5.41) is 9.88. The highest BCUT2D eigenvalue weighted by Gasteiger charge is 2.25. The number of nitrogens with two attached hydrogens (primary N) is 1. The number of hydrogen-bond donors (Lipinski definition) is 2. The first-order valence-corrected chi connectivity index (χ1v) is 5.53. The Morgan fingerprint density at radius 2 is 1.76 bits per heavy atom. The highest BCUT2D eigenvalue weighted by molar-refractivity contribution is 5.23. The first kappa shape index (κ1) is 14.0. The van der Waals surface area contributed by atoms with Crippen molar-refractivity contribution in [2.45, 2.75) is 25.9 Å². The van der Waals surface area contributed by atoms with E-state index >= 15 is 0 Å². The maximum atomic E-state index is 13.4. The molecule has 96 valence electrons. The van der Waals surface area contributed by atoms with Crippen LogP contribution in [-0.2, 0) is 0 Å². The smallest absolute Gasteiger partial charge is 0.134 e. The molecule has 2 nitrogen and oxygen atoms in total. The predicted molar refractivity (Wildman–Crippen MR) is 58.7 cm³/mol. The molecule has 0 aliphatic rings. The standard InChI is InChI=1S/C12H16F3NO/c1-2-3-7(6-16)12(17)11-9(14)4-8(13)5-10(11)15/h4-5,7,12,17H,2-3,6,16H2,1H3. The molecule has 0 saturated carbocycles. The molecule has 0 amide bonds. The zero-order chi connectivity index (χ0) is 13.0. The third kappa shape index (κ3) is 3.20. The number of benzene rings is 1. The highest BCUT2D eigenvalue weighted by Crippen LogP contribution is 2.29. The van der Waals surface area contributed by atoms with Crippen molar-refractivity contribution in [1.29, 1.82) is 0 Å². The molecular formula is C12H16F3NO. The summed E-state index contributed by atoms with van der Waals surface area (Å²) >= 11 is 0. The molecule has 3 N–H and O–H groups in total. The summed E-state index contributed by atoms with van der Waals surface area (Å²) < 4.78 is 39.6. The lowest BCUT2D eigenvalue weighted by Gasteiger charge is -2.22. The maximum absolute atomic E-state index is 13.4. The van der Waals surface area contributed by atoms with Crippen molar-refractivity contribution in [3.8, 4) is 0 Å². The topological polar surface area (TPSA) is 46.2 Å². The van der Waals surface area contributed by atoms with Gasteiger partial charge in [-0.15, -0.1) is 0 Å². The fraction of sp³-hybridized carbons (Fsp3) is 0.500. The minimum absolute atomic E-state index is 0.116. The van der Waals surface area contributed by atoms with Crippen molar-refractivity contribution in [2.24, 2.45) is 11.7 Å². The largest absolute Gasteiger partial charge is 0.388 e. The summed E-state index contributed by atoms with van der Waals surface area (Å²) in [6.07, 6.45) is -0.0577. The summed E-state index contributed by atoms with van der Waals surface area (Å²) in [6, 6.07) is 1.11. The van der Waals surface area contributed by atoms with Gasteiger partial charge in [0.15, 0.2) is 0 Å². The van der Waals surface area contributed by atoms with Gasteiger partial charge in [-0.3, -0.25) is 0 Å². The molecule has 0 bridgehead atoms. The second-order valence-corrected chi connectivity index (χ2v) is 4.01. The Kier molecular flexibility index (Phi) is 4.96. The highest BCUT2D eigenvalue weighted by atomic mass is 19.1. The van der Waals surface area contributed by atoms with Crippen LogP contribution in [-0.4, -0.2) is 11.7 Å². The summed E-state index contributed by atoms with van der Waals surface area (Å²) in [4.78, 5) is 0. The van der Waals surface area contributed by atoms with E-state index in [9.17, 15) is 18.3 Å². The first-order valence-electron chi connectivity index (χ1n) is 5.53. The Morgan fingerprint density at radius 1 is 1.24 bits per heavy atom. The van der Waals surface area contributed by atoms with Gasteiger partial charge in [-0.25, -0.2) is 13.2 Å². The summed E-state index contributed by atoms with van der Waals surface area (Å²) in [5.41, 5.74) is 4.94. The van der Waals surface area contributed by atoms with Gasteiger partial charge < -0.3 is 10.8 Å².